The zero-order chi connectivity index (χ0) is 24.7. The number of carbonyl (C=O) groups is 2. The molecule has 1 aliphatic rings. The summed E-state index contributed by atoms with van der Waals surface area (Å²) >= 11 is 1.40. The molecule has 0 unspecified atom stereocenters. The van der Waals surface area contributed by atoms with Crippen LogP contribution in [0.15, 0.2) is 52.3 Å². The van der Waals surface area contributed by atoms with Crippen molar-refractivity contribution in [3.63, 3.8) is 0 Å². The summed E-state index contributed by atoms with van der Waals surface area (Å²) in [4.78, 5) is 29.3. The van der Waals surface area contributed by atoms with Gasteiger partial charge in [-0.2, -0.15) is 0 Å². The van der Waals surface area contributed by atoms with E-state index in [0.29, 0.717) is 34.5 Å². The highest BCUT2D eigenvalue weighted by Crippen LogP contribution is 2.39. The summed E-state index contributed by atoms with van der Waals surface area (Å²) in [6.45, 7) is 12.3. The molecule has 0 saturated heterocycles. The maximum absolute atomic E-state index is 12.7. The van der Waals surface area contributed by atoms with E-state index >= 15 is 0 Å². The molecule has 182 valence electrons. The Morgan fingerprint density at radius 1 is 1.12 bits per heavy atom. The van der Waals surface area contributed by atoms with Gasteiger partial charge in [-0.05, 0) is 53.8 Å². The molecule has 0 fully saturated rings. The summed E-state index contributed by atoms with van der Waals surface area (Å²) < 4.78 is 5.26. The smallest absolute Gasteiger partial charge is 0.262 e. The van der Waals surface area contributed by atoms with Crippen LogP contribution in [-0.2, 0) is 4.79 Å². The van der Waals surface area contributed by atoms with Crippen LogP contribution in [0.4, 0.5) is 5.69 Å². The first-order valence-corrected chi connectivity index (χ1v) is 12.6. The molecule has 1 aliphatic heterocycles. The first-order chi connectivity index (χ1) is 16.2. The van der Waals surface area contributed by atoms with Gasteiger partial charge in [0, 0.05) is 36.6 Å². The van der Waals surface area contributed by atoms with E-state index in [2.05, 4.69) is 43.2 Å². The molecule has 0 aliphatic carbocycles. The molecular formula is C27H35N3O3S. The highest BCUT2D eigenvalue weighted by atomic mass is 32.2. The van der Waals surface area contributed by atoms with Gasteiger partial charge in [0.25, 0.3) is 11.8 Å². The fraction of sp³-hybridized carbons (Fsp3) is 0.407. The van der Waals surface area contributed by atoms with Gasteiger partial charge in [-0.1, -0.05) is 51.6 Å². The fourth-order valence-electron chi connectivity index (χ4n) is 3.90. The number of rotatable bonds is 10. The van der Waals surface area contributed by atoms with Gasteiger partial charge < -0.3 is 20.3 Å². The number of amides is 2. The maximum atomic E-state index is 12.7. The van der Waals surface area contributed by atoms with Crippen LogP contribution < -0.4 is 15.4 Å². The van der Waals surface area contributed by atoms with Crippen molar-refractivity contribution in [2.24, 2.45) is 11.8 Å². The number of hydrogen-bond acceptors (Lipinski definition) is 5. The Morgan fingerprint density at radius 2 is 1.85 bits per heavy atom. The quantitative estimate of drug-likeness (QED) is 0.461. The van der Waals surface area contributed by atoms with Crippen molar-refractivity contribution < 1.29 is 14.3 Å². The lowest BCUT2D eigenvalue weighted by Gasteiger charge is -2.26. The minimum Gasteiger partial charge on any atom is -0.497 e. The predicted octanol–water partition coefficient (Wildman–Crippen LogP) is 5.12. The number of benzene rings is 2. The van der Waals surface area contributed by atoms with Gasteiger partial charge in [-0.3, -0.25) is 9.59 Å². The standard InChI is InChI=1S/C27H35N3O3S/c1-18(2)16-30(17-19(3)4)12-11-28-26(31)21-9-10-24-23(15-21)29-27(32)25(34-24)14-20-7-6-8-22(13-20)33-5/h6-10,13-15,18-19H,11-12,16-17H2,1-5H3,(H,28,31)(H,29,32). The zero-order valence-electron chi connectivity index (χ0n) is 20.7. The summed E-state index contributed by atoms with van der Waals surface area (Å²) in [5.74, 6) is 1.59. The average molecular weight is 482 g/mol. The van der Waals surface area contributed by atoms with Gasteiger partial charge in [-0.25, -0.2) is 0 Å². The summed E-state index contributed by atoms with van der Waals surface area (Å²) in [5.41, 5.74) is 2.09. The summed E-state index contributed by atoms with van der Waals surface area (Å²) in [6.07, 6.45) is 1.84. The number of thioether (sulfide) groups is 1. The van der Waals surface area contributed by atoms with Gasteiger partial charge in [0.1, 0.15) is 5.75 Å². The molecule has 6 nitrogen and oxygen atoms in total. The lowest BCUT2D eigenvalue weighted by molar-refractivity contribution is -0.112. The number of anilines is 1. The van der Waals surface area contributed by atoms with Gasteiger partial charge in [0.15, 0.2) is 0 Å². The van der Waals surface area contributed by atoms with Crippen LogP contribution in [0.3, 0.4) is 0 Å². The average Bonchev–Trinajstić information content (AvgIpc) is 2.78. The Labute approximate surface area is 207 Å². The highest BCUT2D eigenvalue weighted by molar-refractivity contribution is 8.04. The van der Waals surface area contributed by atoms with Crippen molar-refractivity contribution in [1.82, 2.24) is 10.2 Å². The monoisotopic (exact) mass is 481 g/mol. The van der Waals surface area contributed by atoms with E-state index in [4.69, 9.17) is 4.74 Å². The molecule has 34 heavy (non-hydrogen) atoms. The molecule has 2 amide bonds. The van der Waals surface area contributed by atoms with Crippen LogP contribution in [0.2, 0.25) is 0 Å². The van der Waals surface area contributed by atoms with Crippen LogP contribution >= 0.6 is 11.8 Å². The van der Waals surface area contributed by atoms with Crippen molar-refractivity contribution in [3.8, 4) is 5.75 Å². The Morgan fingerprint density at radius 3 is 2.53 bits per heavy atom. The molecule has 2 N–H and O–H groups in total. The number of methoxy groups -OCH3 is 1. The fourth-order valence-corrected chi connectivity index (χ4v) is 4.84. The molecule has 0 atom stereocenters. The molecule has 0 aromatic heterocycles. The van der Waals surface area contributed by atoms with E-state index in [1.165, 1.54) is 11.8 Å². The number of fused-ring (bicyclic) bond motifs is 1. The lowest BCUT2D eigenvalue weighted by atomic mass is 10.1. The molecule has 0 bridgehead atoms. The number of nitrogens with zero attached hydrogens (tertiary/aromatic N) is 1. The third-order valence-electron chi connectivity index (χ3n) is 5.29. The number of nitrogens with one attached hydrogen (secondary N) is 2. The number of carbonyl (C=O) groups excluding carboxylic acids is 2. The van der Waals surface area contributed by atoms with Crippen LogP contribution in [-0.4, -0.2) is 50.0 Å². The topological polar surface area (TPSA) is 70.7 Å². The summed E-state index contributed by atoms with van der Waals surface area (Å²) in [7, 11) is 1.62. The molecule has 0 spiro atoms. The lowest BCUT2D eigenvalue weighted by Crippen LogP contribution is -2.38. The molecule has 0 radical (unpaired) electrons. The molecule has 7 heteroatoms. The van der Waals surface area contributed by atoms with Crippen LogP contribution in [0.25, 0.3) is 6.08 Å². The first-order valence-electron chi connectivity index (χ1n) is 11.7. The third-order valence-corrected chi connectivity index (χ3v) is 6.38. The molecule has 3 rings (SSSR count). The van der Waals surface area contributed by atoms with Gasteiger partial charge in [0.2, 0.25) is 0 Å². The van der Waals surface area contributed by atoms with E-state index < -0.39 is 0 Å². The van der Waals surface area contributed by atoms with Crippen LogP contribution in [0.5, 0.6) is 5.75 Å². The van der Waals surface area contributed by atoms with E-state index in [-0.39, 0.29) is 11.8 Å². The summed E-state index contributed by atoms with van der Waals surface area (Å²) in [5, 5.41) is 5.95. The van der Waals surface area contributed by atoms with E-state index in [9.17, 15) is 9.59 Å². The first kappa shape index (κ1) is 25.8. The Bertz CT molecular complexity index is 1040. The minimum atomic E-state index is -0.184. The molecule has 1 heterocycles. The van der Waals surface area contributed by atoms with Crippen molar-refractivity contribution in [3.05, 3.63) is 58.5 Å². The second-order valence-corrected chi connectivity index (χ2v) is 10.4. The maximum Gasteiger partial charge on any atom is 0.262 e. The summed E-state index contributed by atoms with van der Waals surface area (Å²) in [6, 6.07) is 13.0. The van der Waals surface area contributed by atoms with Crippen molar-refractivity contribution >= 4 is 35.3 Å². The van der Waals surface area contributed by atoms with Gasteiger partial charge in [-0.15, -0.1) is 0 Å². The second-order valence-electron chi connectivity index (χ2n) is 9.36. The third kappa shape index (κ3) is 7.37. The molecule has 0 saturated carbocycles. The normalized spacial score (nSPS) is 14.5. The Hall–Kier alpha value is -2.77. The van der Waals surface area contributed by atoms with Crippen molar-refractivity contribution in [1.29, 1.82) is 0 Å². The zero-order valence-corrected chi connectivity index (χ0v) is 21.5. The number of hydrogen-bond donors (Lipinski definition) is 2. The predicted molar refractivity (Wildman–Crippen MR) is 140 cm³/mol. The van der Waals surface area contributed by atoms with E-state index in [1.807, 2.05) is 42.5 Å². The van der Waals surface area contributed by atoms with Gasteiger partial charge in [0.05, 0.1) is 17.7 Å². The minimum absolute atomic E-state index is 0.131. The van der Waals surface area contributed by atoms with E-state index in [1.54, 1.807) is 13.2 Å². The largest absolute Gasteiger partial charge is 0.497 e. The highest BCUT2D eigenvalue weighted by Gasteiger charge is 2.22. The van der Waals surface area contributed by atoms with E-state index in [0.717, 1.165) is 35.8 Å². The molecule has 2 aromatic carbocycles. The Kier molecular flexibility index (Phi) is 9.19. The van der Waals surface area contributed by atoms with Crippen LogP contribution in [0, 0.1) is 11.8 Å². The van der Waals surface area contributed by atoms with Crippen molar-refractivity contribution in [2.75, 3.05) is 38.6 Å². The molecular weight excluding hydrogens is 446 g/mol. The second kappa shape index (κ2) is 12.1. The van der Waals surface area contributed by atoms with Crippen molar-refractivity contribution in [2.45, 2.75) is 32.6 Å². The van der Waals surface area contributed by atoms with Gasteiger partial charge >= 0.3 is 0 Å². The molecule has 2 aromatic rings. The number of ether oxygens (including phenoxy) is 1. The van der Waals surface area contributed by atoms with Crippen LogP contribution in [0.1, 0.15) is 43.6 Å². The SMILES string of the molecule is COc1cccc(C=C2Sc3ccc(C(=O)NCCN(CC(C)C)CC(C)C)cc3NC2=O)c1. The Balaban J connectivity index is 1.63.